The molecule has 0 bridgehead atoms. The number of fused-ring (bicyclic) bond motifs is 6. The second-order valence-electron chi connectivity index (χ2n) is 17.0. The first kappa shape index (κ1) is 44.3. The lowest BCUT2D eigenvalue weighted by Gasteiger charge is -2.32. The van der Waals surface area contributed by atoms with Crippen LogP contribution in [0.4, 0.5) is 20.2 Å². The van der Waals surface area contributed by atoms with E-state index >= 15 is 0 Å². The highest BCUT2D eigenvalue weighted by atomic mass is 127. The summed E-state index contributed by atoms with van der Waals surface area (Å²) in [6.45, 7) is 8.18. The second kappa shape index (κ2) is 17.5. The van der Waals surface area contributed by atoms with Gasteiger partial charge in [-0.05, 0) is 122 Å². The van der Waals surface area contributed by atoms with Crippen molar-refractivity contribution in [2.75, 3.05) is 11.5 Å². The number of nitrogen functional groups attached to an aromatic ring is 2. The number of pyridine rings is 6. The minimum absolute atomic E-state index is 0.293. The molecule has 0 atom stereocenters. The van der Waals surface area contributed by atoms with Gasteiger partial charge in [-0.15, -0.1) is 0 Å². The van der Waals surface area contributed by atoms with Crippen LogP contribution in [0.25, 0.3) is 77.5 Å². The summed E-state index contributed by atoms with van der Waals surface area (Å²) < 4.78 is 45.1. The summed E-state index contributed by atoms with van der Waals surface area (Å²) in [5, 5.41) is 3.42. The zero-order valence-corrected chi connectivity index (χ0v) is 39.1. The van der Waals surface area contributed by atoms with E-state index in [2.05, 4.69) is 29.9 Å². The van der Waals surface area contributed by atoms with E-state index < -0.39 is 0 Å². The zero-order chi connectivity index (χ0) is 46.5. The van der Waals surface area contributed by atoms with E-state index in [-0.39, 0.29) is 30.0 Å². The van der Waals surface area contributed by atoms with Crippen molar-refractivity contribution >= 4 is 90.4 Å². The molecule has 1 fully saturated rings. The lowest BCUT2D eigenvalue weighted by Crippen LogP contribution is -2.41. The van der Waals surface area contributed by atoms with Crippen LogP contribution in [0.1, 0.15) is 27.7 Å². The third-order valence-electron chi connectivity index (χ3n) is 12.2. The maximum atomic E-state index is 14.9. The number of benzene rings is 2. The normalized spacial score (nSPS) is 14.0. The molecule has 66 heavy (non-hydrogen) atoms. The number of nitrogens with two attached hydrogens (primary N) is 2. The van der Waals surface area contributed by atoms with Gasteiger partial charge in [-0.2, -0.15) is 0 Å². The molecule has 0 unspecified atom stereocenters. The fourth-order valence-corrected chi connectivity index (χ4v) is 8.58. The van der Waals surface area contributed by atoms with Crippen LogP contribution in [0.15, 0.2) is 135 Å². The predicted molar refractivity (Wildman–Crippen MR) is 268 cm³/mol. The third kappa shape index (κ3) is 8.20. The van der Waals surface area contributed by atoms with Gasteiger partial charge in [0.25, 0.3) is 0 Å². The van der Waals surface area contributed by atoms with Crippen molar-refractivity contribution in [3.05, 3.63) is 150 Å². The quantitative estimate of drug-likeness (QED) is 0.0988. The maximum Gasteiger partial charge on any atom is 0.494 e. The molecule has 0 amide bonds. The van der Waals surface area contributed by atoms with Crippen molar-refractivity contribution in [2.45, 2.75) is 38.9 Å². The summed E-state index contributed by atoms with van der Waals surface area (Å²) in [6, 6.07) is 26.4. The monoisotopic (exact) mass is 992 g/mol. The van der Waals surface area contributed by atoms with Gasteiger partial charge in [0, 0.05) is 88.5 Å². The predicted octanol–water partition coefficient (Wildman–Crippen LogP) is 10.1. The molecule has 1 saturated heterocycles. The van der Waals surface area contributed by atoms with Crippen LogP contribution in [-0.2, 0) is 23.4 Å². The first-order valence-electron chi connectivity index (χ1n) is 21.0. The number of anilines is 2. The zero-order valence-electron chi connectivity index (χ0n) is 37.0. The van der Waals surface area contributed by atoms with Gasteiger partial charge < -0.3 is 29.9 Å². The van der Waals surface area contributed by atoms with Crippen LogP contribution in [0.2, 0.25) is 0 Å². The standard InChI is InChI=1S/C22H16FN5.C16H10FIN4.C12H18BNO2/c1-28-19-12-26-18(14-3-2-8-25-10-14)9-16(19)21-20(17(23)11-27-22(21)28)13-4-6-15(24)7-5-13;1-22-13-8-20-12(9-3-2-4-19-6-9)5-10(13)14-15(18)11(17)7-21-16(14)22;1-11(2)12(3,4)16-13(15-11)9-5-7-10(14)8-6-9/h2-12H,24H2,1H3;2-8H,1H3;5-8H,14H2,1-4H3. The van der Waals surface area contributed by atoms with Gasteiger partial charge in [0.1, 0.15) is 17.1 Å². The molecule has 2 aromatic carbocycles. The molecule has 0 radical (unpaired) electrons. The molecular weight excluding hydrogens is 948 g/mol. The SMILES string of the molecule is CC1(C)OB(c2ccc(N)cc2)OC1(C)C.Cn1c2cnc(-c3cccnc3)cc2c2c(-c3ccc(N)cc3)c(F)cnc21.Cn1c2cnc(-c3cccnc3)cc2c2c(I)c(F)cnc21. The summed E-state index contributed by atoms with van der Waals surface area (Å²) in [5.74, 6) is -0.676. The molecule has 8 aromatic heterocycles. The Bertz CT molecular complexity index is 3390. The van der Waals surface area contributed by atoms with Gasteiger partial charge >= 0.3 is 7.12 Å². The molecule has 4 N–H and O–H groups in total. The summed E-state index contributed by atoms with van der Waals surface area (Å²) in [4.78, 5) is 25.9. The van der Waals surface area contributed by atoms with E-state index in [1.165, 1.54) is 12.4 Å². The summed E-state index contributed by atoms with van der Waals surface area (Å²) in [5.41, 5.74) is 21.2. The highest BCUT2D eigenvalue weighted by molar-refractivity contribution is 14.1. The second-order valence-corrected chi connectivity index (χ2v) is 18.0. The van der Waals surface area contributed by atoms with E-state index in [4.69, 9.17) is 20.8 Å². The van der Waals surface area contributed by atoms with E-state index in [0.717, 1.165) is 77.5 Å². The number of hydrogen-bond acceptors (Lipinski definition) is 10. The molecule has 16 heteroatoms. The molecular formula is C50H44BF2IN10O2. The van der Waals surface area contributed by atoms with Gasteiger partial charge in [-0.1, -0.05) is 24.3 Å². The number of nitrogens with zero attached hydrogens (tertiary/aromatic N) is 8. The van der Waals surface area contributed by atoms with Crippen LogP contribution in [0.5, 0.6) is 0 Å². The first-order valence-corrected chi connectivity index (χ1v) is 22.1. The molecule has 10 aromatic rings. The molecule has 11 rings (SSSR count). The Morgan fingerprint density at radius 2 is 1.05 bits per heavy atom. The van der Waals surface area contributed by atoms with Crippen LogP contribution in [0.3, 0.4) is 0 Å². The molecule has 0 saturated carbocycles. The van der Waals surface area contributed by atoms with Crippen LogP contribution < -0.4 is 16.9 Å². The van der Waals surface area contributed by atoms with E-state index in [9.17, 15) is 8.78 Å². The number of rotatable bonds is 4. The van der Waals surface area contributed by atoms with Crippen LogP contribution in [-0.4, -0.2) is 57.4 Å². The van der Waals surface area contributed by atoms with Crippen molar-refractivity contribution in [1.29, 1.82) is 0 Å². The number of aromatic nitrogens is 8. The Morgan fingerprint density at radius 3 is 1.55 bits per heavy atom. The first-order chi connectivity index (χ1) is 31.6. The van der Waals surface area contributed by atoms with E-state index in [1.54, 1.807) is 49.3 Å². The fraction of sp³-hybridized carbons (Fsp3) is 0.160. The van der Waals surface area contributed by atoms with Gasteiger partial charge in [0.2, 0.25) is 0 Å². The van der Waals surface area contributed by atoms with Gasteiger partial charge in [0.15, 0.2) is 5.82 Å². The van der Waals surface area contributed by atoms with Crippen molar-refractivity contribution in [2.24, 2.45) is 14.1 Å². The summed E-state index contributed by atoms with van der Waals surface area (Å²) in [6.07, 6.45) is 13.1. The molecule has 0 spiro atoms. The van der Waals surface area contributed by atoms with Crippen molar-refractivity contribution in [3.63, 3.8) is 0 Å². The molecule has 9 heterocycles. The smallest absolute Gasteiger partial charge is 0.399 e. The molecule has 330 valence electrons. The van der Waals surface area contributed by atoms with Crippen molar-refractivity contribution < 1.29 is 18.1 Å². The Balaban J connectivity index is 0.000000130. The van der Waals surface area contributed by atoms with Gasteiger partial charge in [-0.3, -0.25) is 19.9 Å². The average molecular weight is 993 g/mol. The topological polar surface area (TPSA) is 158 Å². The molecule has 1 aliphatic rings. The Morgan fingerprint density at radius 1 is 0.576 bits per heavy atom. The summed E-state index contributed by atoms with van der Waals surface area (Å²) in [7, 11) is 3.52. The number of halogens is 3. The molecule has 0 aliphatic carbocycles. The fourth-order valence-electron chi connectivity index (χ4n) is 7.91. The van der Waals surface area contributed by atoms with Gasteiger partial charge in [-0.25, -0.2) is 18.7 Å². The van der Waals surface area contributed by atoms with Crippen LogP contribution in [0, 0.1) is 15.2 Å². The lowest BCUT2D eigenvalue weighted by atomic mass is 9.79. The van der Waals surface area contributed by atoms with E-state index in [0.29, 0.717) is 20.5 Å². The number of aryl methyl sites for hydroxylation is 2. The van der Waals surface area contributed by atoms with Crippen LogP contribution >= 0.6 is 22.6 Å². The molecule has 1 aliphatic heterocycles. The maximum absolute atomic E-state index is 14.9. The van der Waals surface area contributed by atoms with Crippen molar-refractivity contribution in [1.82, 2.24) is 39.0 Å². The Labute approximate surface area is 393 Å². The largest absolute Gasteiger partial charge is 0.494 e. The van der Waals surface area contributed by atoms with Crippen molar-refractivity contribution in [3.8, 4) is 33.6 Å². The number of hydrogen-bond donors (Lipinski definition) is 2. The van der Waals surface area contributed by atoms with Gasteiger partial charge in [0.05, 0.1) is 62.0 Å². The Hall–Kier alpha value is -6.89. The minimum Gasteiger partial charge on any atom is -0.399 e. The lowest BCUT2D eigenvalue weighted by molar-refractivity contribution is 0.00578. The average Bonchev–Trinajstić information content (AvgIpc) is 3.86. The highest BCUT2D eigenvalue weighted by Gasteiger charge is 2.51. The minimum atomic E-state index is -0.371. The molecule has 12 nitrogen and oxygen atoms in total. The Kier molecular flexibility index (Phi) is 11.7. The third-order valence-corrected chi connectivity index (χ3v) is 13.3. The van der Waals surface area contributed by atoms with E-state index in [1.807, 2.05) is 146 Å². The summed E-state index contributed by atoms with van der Waals surface area (Å²) >= 11 is 2.03. The highest BCUT2D eigenvalue weighted by Crippen LogP contribution is 2.39.